The summed E-state index contributed by atoms with van der Waals surface area (Å²) in [6.45, 7) is 3.19. The second kappa shape index (κ2) is 7.14. The maximum absolute atomic E-state index is 5.88. The van der Waals surface area contributed by atoms with Crippen LogP contribution in [0.15, 0.2) is 34.2 Å². The molecule has 19 heavy (non-hydrogen) atoms. The molecule has 0 saturated heterocycles. The molecule has 1 heterocycles. The smallest absolute Gasteiger partial charge is 0.0947 e. The van der Waals surface area contributed by atoms with Gasteiger partial charge in [-0.15, -0.1) is 11.3 Å². The van der Waals surface area contributed by atoms with Crippen molar-refractivity contribution >= 4 is 27.3 Å². The lowest BCUT2D eigenvalue weighted by atomic mass is 10.1. The van der Waals surface area contributed by atoms with Gasteiger partial charge in [-0.05, 0) is 24.6 Å². The van der Waals surface area contributed by atoms with Gasteiger partial charge in [0.15, 0.2) is 0 Å². The topological polar surface area (TPSA) is 48.1 Å². The summed E-state index contributed by atoms with van der Waals surface area (Å²) < 4.78 is 6.95. The van der Waals surface area contributed by atoms with E-state index in [9.17, 15) is 0 Å². The number of nitrogens with zero attached hydrogens (tertiary/aromatic N) is 1. The summed E-state index contributed by atoms with van der Waals surface area (Å²) in [6.07, 6.45) is 0.852. The molecule has 1 aromatic heterocycles. The number of nitrogens with two attached hydrogens (primary N) is 1. The minimum Gasteiger partial charge on any atom is -0.372 e. The van der Waals surface area contributed by atoms with Crippen LogP contribution in [0, 0.1) is 6.92 Å². The van der Waals surface area contributed by atoms with Gasteiger partial charge < -0.3 is 10.5 Å². The molecule has 102 valence electrons. The van der Waals surface area contributed by atoms with E-state index in [1.807, 2.05) is 36.7 Å². The lowest BCUT2D eigenvalue weighted by molar-refractivity contribution is 0.0611. The molecule has 0 bridgehead atoms. The number of thiazole rings is 1. The Morgan fingerprint density at radius 3 is 2.68 bits per heavy atom. The first-order chi connectivity index (χ1) is 9.20. The summed E-state index contributed by atoms with van der Waals surface area (Å²) in [5.74, 6) is 0. The Morgan fingerprint density at radius 1 is 1.37 bits per heavy atom. The first-order valence-corrected chi connectivity index (χ1v) is 7.84. The fourth-order valence-corrected chi connectivity index (χ4v) is 2.86. The molecule has 0 aliphatic rings. The zero-order valence-electron chi connectivity index (χ0n) is 10.8. The van der Waals surface area contributed by atoms with E-state index < -0.39 is 0 Å². The molecule has 0 spiro atoms. The molecule has 0 amide bonds. The minimum atomic E-state index is -0.0404. The molecule has 1 unspecified atom stereocenters. The molecule has 0 radical (unpaired) electrons. The third-order valence-corrected chi connectivity index (χ3v) is 4.47. The average molecular weight is 341 g/mol. The van der Waals surface area contributed by atoms with Gasteiger partial charge in [0, 0.05) is 22.3 Å². The van der Waals surface area contributed by atoms with Crippen LogP contribution in [0.5, 0.6) is 0 Å². The van der Waals surface area contributed by atoms with Crippen LogP contribution in [0.4, 0.5) is 0 Å². The molecule has 2 aromatic rings. The average Bonchev–Trinajstić information content (AvgIpc) is 2.82. The van der Waals surface area contributed by atoms with Gasteiger partial charge in [0.2, 0.25) is 0 Å². The fourth-order valence-electron chi connectivity index (χ4n) is 1.84. The third kappa shape index (κ3) is 4.11. The number of ether oxygens (including phenoxy) is 1. The number of rotatable bonds is 6. The molecule has 1 atom stereocenters. The van der Waals surface area contributed by atoms with Crippen molar-refractivity contribution in [3.8, 4) is 0 Å². The number of benzene rings is 1. The highest BCUT2D eigenvalue weighted by atomic mass is 79.9. The number of aromatic nitrogens is 1. The number of hydrogen-bond donors (Lipinski definition) is 1. The van der Waals surface area contributed by atoms with Crippen LogP contribution >= 0.6 is 27.3 Å². The Labute approximate surface area is 125 Å². The molecule has 2 N–H and O–H groups in total. The maximum atomic E-state index is 5.88. The van der Waals surface area contributed by atoms with Gasteiger partial charge >= 0.3 is 0 Å². The van der Waals surface area contributed by atoms with Gasteiger partial charge in [-0.25, -0.2) is 4.98 Å². The summed E-state index contributed by atoms with van der Waals surface area (Å²) in [7, 11) is 0. The Bertz CT molecular complexity index is 512. The van der Waals surface area contributed by atoms with Gasteiger partial charge in [-0.1, -0.05) is 28.1 Å². The predicted octanol–water partition coefficient (Wildman–Crippen LogP) is 3.47. The van der Waals surface area contributed by atoms with Crippen LogP contribution in [0.25, 0.3) is 0 Å². The fraction of sp³-hybridized carbons (Fsp3) is 0.357. The first kappa shape index (κ1) is 14.7. The van der Waals surface area contributed by atoms with Crippen molar-refractivity contribution in [3.63, 3.8) is 0 Å². The second-order valence-corrected chi connectivity index (χ2v) is 6.11. The van der Waals surface area contributed by atoms with Gasteiger partial charge in [0.1, 0.15) is 0 Å². The predicted molar refractivity (Wildman–Crippen MR) is 82.4 cm³/mol. The molecule has 5 heteroatoms. The lowest BCUT2D eigenvalue weighted by Gasteiger charge is -2.16. The van der Waals surface area contributed by atoms with Crippen LogP contribution in [-0.2, 0) is 11.2 Å². The van der Waals surface area contributed by atoms with E-state index in [2.05, 4.69) is 20.9 Å². The highest BCUT2D eigenvalue weighted by molar-refractivity contribution is 9.10. The Balaban J connectivity index is 1.89. The Hall–Kier alpha value is -0.750. The van der Waals surface area contributed by atoms with Crippen molar-refractivity contribution in [2.24, 2.45) is 5.73 Å². The van der Waals surface area contributed by atoms with Crippen LogP contribution in [0.3, 0.4) is 0 Å². The molecule has 0 fully saturated rings. The van der Waals surface area contributed by atoms with E-state index in [-0.39, 0.29) is 6.10 Å². The van der Waals surface area contributed by atoms with E-state index in [0.717, 1.165) is 22.2 Å². The highest BCUT2D eigenvalue weighted by Gasteiger charge is 2.10. The van der Waals surface area contributed by atoms with Gasteiger partial charge in [-0.2, -0.15) is 0 Å². The standard InChI is InChI=1S/C14H17BrN2OS/c1-10-14(19-9-17-10)6-7-18-13(8-16)11-2-4-12(15)5-3-11/h2-5,9,13H,6-8,16H2,1H3. The molecule has 0 saturated carbocycles. The molecule has 0 aliphatic heterocycles. The highest BCUT2D eigenvalue weighted by Crippen LogP contribution is 2.20. The van der Waals surface area contributed by atoms with Crippen molar-refractivity contribution in [1.29, 1.82) is 0 Å². The lowest BCUT2D eigenvalue weighted by Crippen LogP contribution is -2.17. The van der Waals surface area contributed by atoms with E-state index in [0.29, 0.717) is 13.2 Å². The monoisotopic (exact) mass is 340 g/mol. The van der Waals surface area contributed by atoms with Gasteiger partial charge in [-0.3, -0.25) is 0 Å². The number of hydrogen-bond acceptors (Lipinski definition) is 4. The molecule has 3 nitrogen and oxygen atoms in total. The van der Waals surface area contributed by atoms with Crippen LogP contribution in [0.1, 0.15) is 22.2 Å². The zero-order chi connectivity index (χ0) is 13.7. The van der Waals surface area contributed by atoms with Crippen molar-refractivity contribution < 1.29 is 4.74 Å². The summed E-state index contributed by atoms with van der Waals surface area (Å²) in [5.41, 5.74) is 9.88. The molecular formula is C14H17BrN2OS. The van der Waals surface area contributed by atoms with Crippen LogP contribution in [0.2, 0.25) is 0 Å². The molecular weight excluding hydrogens is 324 g/mol. The van der Waals surface area contributed by atoms with Gasteiger partial charge in [0.25, 0.3) is 0 Å². The third-order valence-electron chi connectivity index (χ3n) is 2.95. The minimum absolute atomic E-state index is 0.0404. The Morgan fingerprint density at radius 2 is 2.11 bits per heavy atom. The molecule has 1 aromatic carbocycles. The normalized spacial score (nSPS) is 12.6. The van der Waals surface area contributed by atoms with Crippen LogP contribution in [-0.4, -0.2) is 18.1 Å². The Kier molecular flexibility index (Phi) is 5.51. The summed E-state index contributed by atoms with van der Waals surface area (Å²) in [4.78, 5) is 5.52. The van der Waals surface area contributed by atoms with E-state index in [1.54, 1.807) is 11.3 Å². The first-order valence-electron chi connectivity index (χ1n) is 6.17. The van der Waals surface area contributed by atoms with E-state index in [1.165, 1.54) is 4.88 Å². The second-order valence-electron chi connectivity index (χ2n) is 4.26. The molecule has 2 rings (SSSR count). The van der Waals surface area contributed by atoms with Crippen molar-refractivity contribution in [2.75, 3.05) is 13.2 Å². The molecule has 0 aliphatic carbocycles. The van der Waals surface area contributed by atoms with Crippen molar-refractivity contribution in [2.45, 2.75) is 19.4 Å². The number of halogens is 1. The quantitative estimate of drug-likeness (QED) is 0.875. The van der Waals surface area contributed by atoms with Crippen molar-refractivity contribution in [1.82, 2.24) is 4.98 Å². The van der Waals surface area contributed by atoms with Gasteiger partial charge in [0.05, 0.1) is 23.9 Å². The van der Waals surface area contributed by atoms with E-state index >= 15 is 0 Å². The zero-order valence-corrected chi connectivity index (χ0v) is 13.2. The summed E-state index contributed by atoms with van der Waals surface area (Å²) in [6, 6.07) is 8.10. The van der Waals surface area contributed by atoms with E-state index in [4.69, 9.17) is 10.5 Å². The summed E-state index contributed by atoms with van der Waals surface area (Å²) in [5, 5.41) is 0. The van der Waals surface area contributed by atoms with Crippen molar-refractivity contribution in [3.05, 3.63) is 50.4 Å². The SMILES string of the molecule is Cc1ncsc1CCOC(CN)c1ccc(Br)cc1. The largest absolute Gasteiger partial charge is 0.372 e. The summed E-state index contributed by atoms with van der Waals surface area (Å²) >= 11 is 5.10. The number of aryl methyl sites for hydroxylation is 1. The van der Waals surface area contributed by atoms with Crippen LogP contribution < -0.4 is 5.73 Å². The maximum Gasteiger partial charge on any atom is 0.0947 e.